The van der Waals surface area contributed by atoms with Gasteiger partial charge in [-0.2, -0.15) is 0 Å². The number of nitrogens with two attached hydrogens (primary N) is 1. The number of guanidine groups is 1. The van der Waals surface area contributed by atoms with E-state index in [2.05, 4.69) is 20.3 Å². The molecule has 12 heteroatoms. The summed E-state index contributed by atoms with van der Waals surface area (Å²) in [4.78, 5) is 24.4. The highest BCUT2D eigenvalue weighted by atomic mass is 35.5. The number of halogens is 1. The SMILES string of the molecule is COc1cc(-c2cc(-c3cccc([N+](=O)[O-])c3)nc(NC(N)=NCc3ccccc3Cl)n2)cc(OC)c1OC. The molecule has 0 aliphatic heterocycles. The van der Waals surface area contributed by atoms with Crippen LogP contribution in [0.2, 0.25) is 5.02 Å². The van der Waals surface area contributed by atoms with Crippen LogP contribution in [0.25, 0.3) is 22.5 Å². The Hall–Kier alpha value is -4.90. The third-order valence-corrected chi connectivity index (χ3v) is 6.03. The number of rotatable bonds is 9. The van der Waals surface area contributed by atoms with E-state index >= 15 is 0 Å². The van der Waals surface area contributed by atoms with Gasteiger partial charge in [0.1, 0.15) is 0 Å². The summed E-state index contributed by atoms with van der Waals surface area (Å²) in [7, 11) is 4.54. The van der Waals surface area contributed by atoms with Crippen molar-refractivity contribution in [3.8, 4) is 39.8 Å². The lowest BCUT2D eigenvalue weighted by Crippen LogP contribution is -2.24. The molecular weight excluding hydrogens is 524 g/mol. The number of aromatic nitrogens is 2. The minimum Gasteiger partial charge on any atom is -0.493 e. The average Bonchev–Trinajstić information content (AvgIpc) is 2.95. The Bertz CT molecular complexity index is 1520. The Morgan fingerprint density at radius 2 is 1.62 bits per heavy atom. The van der Waals surface area contributed by atoms with E-state index in [0.717, 1.165) is 5.56 Å². The number of nitrogens with one attached hydrogen (secondary N) is 1. The molecule has 39 heavy (non-hydrogen) atoms. The molecular formula is C27H25ClN6O5. The molecule has 0 atom stereocenters. The molecule has 200 valence electrons. The summed E-state index contributed by atoms with van der Waals surface area (Å²) in [5, 5.41) is 14.9. The molecule has 1 heterocycles. The third kappa shape index (κ3) is 6.33. The second kappa shape index (κ2) is 12.1. The molecule has 0 bridgehead atoms. The molecule has 0 saturated carbocycles. The van der Waals surface area contributed by atoms with E-state index in [0.29, 0.717) is 44.8 Å². The number of methoxy groups -OCH3 is 3. The maximum Gasteiger partial charge on any atom is 0.270 e. The summed E-state index contributed by atoms with van der Waals surface area (Å²) >= 11 is 6.22. The van der Waals surface area contributed by atoms with E-state index in [4.69, 9.17) is 31.5 Å². The monoisotopic (exact) mass is 548 g/mol. The van der Waals surface area contributed by atoms with E-state index in [9.17, 15) is 10.1 Å². The highest BCUT2D eigenvalue weighted by Gasteiger charge is 2.18. The first-order valence-electron chi connectivity index (χ1n) is 11.6. The lowest BCUT2D eigenvalue weighted by molar-refractivity contribution is -0.384. The molecule has 0 saturated heterocycles. The van der Waals surface area contributed by atoms with Crippen molar-refractivity contribution in [2.45, 2.75) is 6.54 Å². The van der Waals surface area contributed by atoms with E-state index in [1.165, 1.54) is 33.5 Å². The maximum absolute atomic E-state index is 11.4. The van der Waals surface area contributed by atoms with Crippen LogP contribution in [0.15, 0.2) is 71.7 Å². The lowest BCUT2D eigenvalue weighted by atomic mass is 10.1. The van der Waals surface area contributed by atoms with Crippen molar-refractivity contribution in [1.82, 2.24) is 9.97 Å². The van der Waals surface area contributed by atoms with E-state index < -0.39 is 4.92 Å². The first-order valence-corrected chi connectivity index (χ1v) is 12.0. The van der Waals surface area contributed by atoms with E-state index in [1.54, 1.807) is 36.4 Å². The standard InChI is InChI=1S/C27H25ClN6O5/c1-37-23-12-18(13-24(38-2)25(23)39-3)22-14-21(16-8-6-9-19(11-16)34(35)36)31-27(32-22)33-26(29)30-15-17-7-4-5-10-20(17)28/h4-14H,15H2,1-3H3,(H3,29,30,31,32,33). The minimum absolute atomic E-state index is 0.0574. The molecule has 0 spiro atoms. The van der Waals surface area contributed by atoms with Gasteiger partial charge in [-0.3, -0.25) is 15.4 Å². The Balaban J connectivity index is 1.79. The number of aliphatic imine (C=N–C) groups is 1. The number of anilines is 1. The number of hydrogen-bond donors (Lipinski definition) is 2. The van der Waals surface area contributed by atoms with Crippen molar-refractivity contribution in [3.63, 3.8) is 0 Å². The number of nitrogens with zero attached hydrogens (tertiary/aromatic N) is 4. The molecule has 0 aliphatic carbocycles. The van der Waals surface area contributed by atoms with Gasteiger partial charge in [-0.05, 0) is 29.8 Å². The van der Waals surface area contributed by atoms with Crippen LogP contribution in [0.4, 0.5) is 11.6 Å². The molecule has 0 amide bonds. The first kappa shape index (κ1) is 27.1. The summed E-state index contributed by atoms with van der Waals surface area (Å²) in [5.41, 5.74) is 8.88. The van der Waals surface area contributed by atoms with Gasteiger partial charge >= 0.3 is 0 Å². The van der Waals surface area contributed by atoms with E-state index in [-0.39, 0.29) is 24.1 Å². The fourth-order valence-electron chi connectivity index (χ4n) is 3.76. The number of nitro benzene ring substituents is 1. The second-order valence-corrected chi connectivity index (χ2v) is 8.51. The number of nitro groups is 1. The van der Waals surface area contributed by atoms with Gasteiger partial charge in [0.05, 0.1) is 44.2 Å². The number of non-ortho nitro benzene ring substituents is 1. The first-order chi connectivity index (χ1) is 18.8. The van der Waals surface area contributed by atoms with Crippen molar-refractivity contribution in [2.24, 2.45) is 10.7 Å². The van der Waals surface area contributed by atoms with Crippen LogP contribution in [0.5, 0.6) is 17.2 Å². The number of benzene rings is 3. The predicted molar refractivity (Wildman–Crippen MR) is 150 cm³/mol. The van der Waals surface area contributed by atoms with Crippen LogP contribution in [-0.4, -0.2) is 42.2 Å². The Morgan fingerprint density at radius 3 is 2.23 bits per heavy atom. The molecule has 4 aromatic rings. The van der Waals surface area contributed by atoms with Crippen LogP contribution in [0.1, 0.15) is 5.56 Å². The predicted octanol–water partition coefficient (Wildman–Crippen LogP) is 5.32. The van der Waals surface area contributed by atoms with Gasteiger partial charge in [-0.1, -0.05) is 41.9 Å². The van der Waals surface area contributed by atoms with Crippen LogP contribution in [0.3, 0.4) is 0 Å². The van der Waals surface area contributed by atoms with Crippen LogP contribution >= 0.6 is 11.6 Å². The summed E-state index contributed by atoms with van der Waals surface area (Å²) in [6.07, 6.45) is 0. The van der Waals surface area contributed by atoms with Gasteiger partial charge in [0.25, 0.3) is 5.69 Å². The fraction of sp³-hybridized carbons (Fsp3) is 0.148. The van der Waals surface area contributed by atoms with Gasteiger partial charge < -0.3 is 19.9 Å². The normalized spacial score (nSPS) is 11.1. The van der Waals surface area contributed by atoms with Gasteiger partial charge in [0.15, 0.2) is 17.5 Å². The quantitative estimate of drug-likeness (QED) is 0.123. The highest BCUT2D eigenvalue weighted by molar-refractivity contribution is 6.31. The summed E-state index contributed by atoms with van der Waals surface area (Å²) in [6, 6.07) is 18.6. The van der Waals surface area contributed by atoms with Crippen LogP contribution in [0, 0.1) is 10.1 Å². The fourth-order valence-corrected chi connectivity index (χ4v) is 3.95. The Labute approximate surface area is 229 Å². The molecule has 11 nitrogen and oxygen atoms in total. The highest BCUT2D eigenvalue weighted by Crippen LogP contribution is 2.41. The molecule has 3 N–H and O–H groups in total. The average molecular weight is 549 g/mol. The zero-order chi connectivity index (χ0) is 27.9. The molecule has 4 rings (SSSR count). The van der Waals surface area contributed by atoms with E-state index in [1.807, 2.05) is 18.2 Å². The van der Waals surface area contributed by atoms with Gasteiger partial charge in [0.2, 0.25) is 11.7 Å². The van der Waals surface area contributed by atoms with Crippen LogP contribution in [-0.2, 0) is 6.54 Å². The third-order valence-electron chi connectivity index (χ3n) is 5.66. The lowest BCUT2D eigenvalue weighted by Gasteiger charge is -2.15. The number of ether oxygens (including phenoxy) is 3. The summed E-state index contributed by atoms with van der Waals surface area (Å²) < 4.78 is 16.4. The van der Waals surface area contributed by atoms with Crippen molar-refractivity contribution in [3.05, 3.63) is 87.4 Å². The zero-order valence-electron chi connectivity index (χ0n) is 21.3. The largest absolute Gasteiger partial charge is 0.493 e. The summed E-state index contributed by atoms with van der Waals surface area (Å²) in [5.74, 6) is 1.46. The smallest absolute Gasteiger partial charge is 0.270 e. The topological polar surface area (TPSA) is 147 Å². The van der Waals surface area contributed by atoms with Crippen molar-refractivity contribution in [2.75, 3.05) is 26.6 Å². The molecule has 3 aromatic carbocycles. The molecule has 0 fully saturated rings. The molecule has 0 radical (unpaired) electrons. The zero-order valence-corrected chi connectivity index (χ0v) is 22.1. The van der Waals surface area contributed by atoms with Crippen molar-refractivity contribution >= 4 is 29.2 Å². The second-order valence-electron chi connectivity index (χ2n) is 8.10. The molecule has 1 aromatic heterocycles. The summed E-state index contributed by atoms with van der Waals surface area (Å²) in [6.45, 7) is 0.239. The van der Waals surface area contributed by atoms with Gasteiger partial charge in [0, 0.05) is 28.3 Å². The van der Waals surface area contributed by atoms with Gasteiger partial charge in [-0.15, -0.1) is 0 Å². The van der Waals surface area contributed by atoms with Gasteiger partial charge in [-0.25, -0.2) is 15.0 Å². The van der Waals surface area contributed by atoms with Crippen molar-refractivity contribution < 1.29 is 19.1 Å². The molecule has 0 aliphatic rings. The Morgan fingerprint density at radius 1 is 0.949 bits per heavy atom. The Kier molecular flexibility index (Phi) is 8.42. The maximum atomic E-state index is 11.4. The number of hydrogen-bond acceptors (Lipinski definition) is 8. The van der Waals surface area contributed by atoms with Crippen molar-refractivity contribution in [1.29, 1.82) is 0 Å². The van der Waals surface area contributed by atoms with Crippen LogP contribution < -0.4 is 25.3 Å². The molecule has 0 unspecified atom stereocenters. The minimum atomic E-state index is -0.469.